The Morgan fingerprint density at radius 2 is 1.12 bits per heavy atom. The van der Waals surface area contributed by atoms with Crippen LogP contribution in [-0.4, -0.2) is 71.8 Å². The lowest BCUT2D eigenvalue weighted by Gasteiger charge is -2.30. The van der Waals surface area contributed by atoms with Crippen molar-refractivity contribution >= 4 is 42.0 Å². The van der Waals surface area contributed by atoms with Crippen LogP contribution in [0.25, 0.3) is 18.7 Å². The predicted octanol–water partition coefficient (Wildman–Crippen LogP) is 15.6. The number of rotatable bonds is 17. The van der Waals surface area contributed by atoms with Crippen LogP contribution in [0.2, 0.25) is 0 Å². The summed E-state index contributed by atoms with van der Waals surface area (Å²) >= 11 is 0. The first-order valence-electron chi connectivity index (χ1n) is 30.7. The van der Waals surface area contributed by atoms with Gasteiger partial charge in [-0.3, -0.25) is 14.3 Å². The molecule has 2 aromatic carbocycles. The zero-order valence-electron chi connectivity index (χ0n) is 49.0. The van der Waals surface area contributed by atoms with E-state index in [0.29, 0.717) is 24.1 Å². The van der Waals surface area contributed by atoms with Crippen LogP contribution >= 0.6 is 0 Å². The molecule has 0 radical (unpaired) electrons. The van der Waals surface area contributed by atoms with Gasteiger partial charge in [-0.1, -0.05) is 183 Å². The van der Waals surface area contributed by atoms with Crippen LogP contribution < -0.4 is 26.2 Å². The van der Waals surface area contributed by atoms with Crippen LogP contribution in [0.15, 0.2) is 69.0 Å². The van der Waals surface area contributed by atoms with E-state index in [1.54, 1.807) is 0 Å². The topological polar surface area (TPSA) is 78.8 Å². The largest absolute Gasteiger partial charge is 0.447 e. The minimum atomic E-state index is -0.568. The van der Waals surface area contributed by atoms with Gasteiger partial charge in [-0.05, 0) is 132 Å². The van der Waals surface area contributed by atoms with Crippen molar-refractivity contribution in [3.63, 3.8) is 0 Å². The number of nitrogens with zero attached hydrogens (tertiary/aromatic N) is 6. The minimum absolute atomic E-state index is 0.0578. The molecule has 0 bridgehead atoms. The van der Waals surface area contributed by atoms with Crippen LogP contribution in [-0.2, 0) is 9.53 Å². The molecule has 0 N–H and O–H groups in total. The fourth-order valence-corrected chi connectivity index (χ4v) is 11.2. The lowest BCUT2D eigenvalue weighted by atomic mass is 9.94. The van der Waals surface area contributed by atoms with Gasteiger partial charge < -0.3 is 19.0 Å². The summed E-state index contributed by atoms with van der Waals surface area (Å²) in [6.45, 7) is 32.0. The first-order valence-corrected chi connectivity index (χ1v) is 30.7. The second-order valence-electron chi connectivity index (χ2n) is 20.7. The fourth-order valence-electron chi connectivity index (χ4n) is 11.2. The number of carbonyl (C=O) groups is 1. The highest BCUT2D eigenvalue weighted by molar-refractivity contribution is 6.04. The molecule has 1 saturated heterocycles. The van der Waals surface area contributed by atoms with Crippen molar-refractivity contribution in [3.8, 4) is 0 Å². The van der Waals surface area contributed by atoms with Crippen LogP contribution in [0, 0.1) is 5.92 Å². The molecule has 2 atom stereocenters. The van der Waals surface area contributed by atoms with E-state index in [2.05, 4.69) is 110 Å². The zero-order chi connectivity index (χ0) is 53.7. The number of oxazole rings is 1. The molecular weight excluding hydrogens is 913 g/mol. The van der Waals surface area contributed by atoms with Gasteiger partial charge in [0, 0.05) is 49.6 Å². The monoisotopic (exact) mass is 1020 g/mol. The van der Waals surface area contributed by atoms with Crippen molar-refractivity contribution in [2.75, 3.05) is 36.0 Å². The summed E-state index contributed by atoms with van der Waals surface area (Å²) < 4.78 is 15.0. The number of aliphatic imine (C=N–C) groups is 1. The molecule has 3 aromatic rings. The second-order valence-corrected chi connectivity index (χ2v) is 20.7. The summed E-state index contributed by atoms with van der Waals surface area (Å²) in [5, 5.41) is 0.988. The number of carbonyl (C=O) groups excluding carboxylic acids is 1. The zero-order valence-corrected chi connectivity index (χ0v) is 49.0. The summed E-state index contributed by atoms with van der Waals surface area (Å²) in [6.07, 6.45) is 33.5. The van der Waals surface area contributed by atoms with E-state index in [0.717, 1.165) is 85.4 Å². The molecule has 1 amide bonds. The molecule has 5 fully saturated rings. The first kappa shape index (κ1) is 62.0. The Morgan fingerprint density at radius 1 is 0.635 bits per heavy atom. The molecule has 0 spiro atoms. The van der Waals surface area contributed by atoms with E-state index < -0.39 is 6.10 Å². The SMILES string of the molecule is C=c1/c(=C\c2ccc(N(CCC)CCC(C)CC)cc2)oc(=NC2CCCCC2)n1C1CCCCC1.CC.CC.CC.CCN(CC)c1ccc(/C=C/C2OC(=NC3CCCCC3)N(C3CCCCC3)C2=O)cc1. The highest BCUT2D eigenvalue weighted by Gasteiger charge is 2.42. The molecule has 4 aliphatic carbocycles. The highest BCUT2D eigenvalue weighted by Crippen LogP contribution is 2.31. The molecule has 5 aliphatic rings. The normalized spacial score (nSPS) is 20.4. The van der Waals surface area contributed by atoms with E-state index in [1.807, 2.05) is 58.6 Å². The Morgan fingerprint density at radius 3 is 1.64 bits per heavy atom. The molecule has 9 heteroatoms. The van der Waals surface area contributed by atoms with Gasteiger partial charge >= 0.3 is 0 Å². The Hall–Kier alpha value is -4.53. The lowest BCUT2D eigenvalue weighted by molar-refractivity contribution is -0.129. The van der Waals surface area contributed by atoms with E-state index in [4.69, 9.17) is 19.1 Å². The number of anilines is 2. The van der Waals surface area contributed by atoms with Gasteiger partial charge in [0.15, 0.2) is 11.5 Å². The average Bonchev–Trinajstić information content (AvgIpc) is 3.94. The second kappa shape index (κ2) is 34.9. The number of amidine groups is 1. The van der Waals surface area contributed by atoms with Gasteiger partial charge in [-0.15, -0.1) is 0 Å². The molecule has 74 heavy (non-hydrogen) atoms. The summed E-state index contributed by atoms with van der Waals surface area (Å²) in [6, 6.07) is 19.5. The molecule has 1 aliphatic heterocycles. The number of benzene rings is 2. The van der Waals surface area contributed by atoms with E-state index in [9.17, 15) is 4.79 Å². The van der Waals surface area contributed by atoms with Gasteiger partial charge in [0.25, 0.3) is 17.6 Å². The van der Waals surface area contributed by atoms with Crippen LogP contribution in [0.5, 0.6) is 0 Å². The minimum Gasteiger partial charge on any atom is -0.447 e. The van der Waals surface area contributed by atoms with Crippen LogP contribution in [0.1, 0.15) is 241 Å². The molecule has 1 aromatic heterocycles. The van der Waals surface area contributed by atoms with Crippen molar-refractivity contribution in [1.29, 1.82) is 0 Å². The fraction of sp³-hybridized carbons (Fsp3) is 0.677. The van der Waals surface area contributed by atoms with E-state index >= 15 is 0 Å². The highest BCUT2D eigenvalue weighted by atomic mass is 16.5. The maximum absolute atomic E-state index is 13.4. The third kappa shape index (κ3) is 18.6. The van der Waals surface area contributed by atoms with Gasteiger partial charge in [0.2, 0.25) is 0 Å². The Bertz CT molecular complexity index is 2210. The molecular formula is C65H106N6O3. The predicted molar refractivity (Wildman–Crippen MR) is 319 cm³/mol. The van der Waals surface area contributed by atoms with E-state index in [-0.39, 0.29) is 11.9 Å². The average molecular weight is 1020 g/mol. The molecule has 414 valence electrons. The number of amides is 1. The molecule has 9 nitrogen and oxygen atoms in total. The number of hydrogen-bond donors (Lipinski definition) is 0. The molecule has 4 saturated carbocycles. The summed E-state index contributed by atoms with van der Waals surface area (Å²) in [7, 11) is 0. The van der Waals surface area contributed by atoms with Gasteiger partial charge in [-0.2, -0.15) is 0 Å². The maximum atomic E-state index is 13.4. The molecule has 8 rings (SSSR count). The van der Waals surface area contributed by atoms with E-state index in [1.165, 1.54) is 133 Å². The van der Waals surface area contributed by atoms with Gasteiger partial charge in [0.05, 0.1) is 17.4 Å². The van der Waals surface area contributed by atoms with Crippen molar-refractivity contribution in [3.05, 3.63) is 82.2 Å². The maximum Gasteiger partial charge on any atom is 0.298 e. The summed E-state index contributed by atoms with van der Waals surface area (Å²) in [4.78, 5) is 30.2. The Labute approximate surface area is 451 Å². The number of aromatic nitrogens is 1. The lowest BCUT2D eigenvalue weighted by Crippen LogP contribution is -2.42. The standard InChI is InChI=1S/C32H49N3O.C27H39N3O2.3C2H6/c1-5-22-34(23-21-25(3)6-2)29-19-17-27(18-20-29)24-31-26(4)35(30-15-11-8-12-16-30)32(36-31)33-28-13-9-7-10-14-28;1-3-29(4-2)23-18-15-21(16-19-23)17-20-25-26(31)30(24-13-9-6-10-14-24)27(32-25)28-22-11-7-5-8-12-22;3*1-2/h17-20,24-25,28,30H,4-16,21-23H2,1-3H3;15-20,22,24-25H,3-14H2,1-2H3;3*1-2H3/b31-24+,33-32?;20-17+,28-27?;;;. The van der Waals surface area contributed by atoms with Crippen molar-refractivity contribution in [2.45, 2.75) is 254 Å². The van der Waals surface area contributed by atoms with Crippen molar-refractivity contribution in [1.82, 2.24) is 9.47 Å². The van der Waals surface area contributed by atoms with Gasteiger partial charge in [0.1, 0.15) is 0 Å². The first-order chi connectivity index (χ1) is 36.3. The third-order valence-electron chi connectivity index (χ3n) is 15.6. The molecule has 2 unspecified atom stereocenters. The van der Waals surface area contributed by atoms with Crippen LogP contribution in [0.4, 0.5) is 11.4 Å². The number of hydrogen-bond acceptors (Lipinski definition) is 7. The summed E-state index contributed by atoms with van der Waals surface area (Å²) in [5.41, 5.74) is 6.46. The van der Waals surface area contributed by atoms with Crippen molar-refractivity contribution in [2.24, 2.45) is 15.9 Å². The van der Waals surface area contributed by atoms with Crippen molar-refractivity contribution < 1.29 is 13.9 Å². The summed E-state index contributed by atoms with van der Waals surface area (Å²) in [5.74, 6) is 0.831. The third-order valence-corrected chi connectivity index (χ3v) is 15.6. The molecule has 2 heterocycles. The van der Waals surface area contributed by atoms with Gasteiger partial charge in [-0.25, -0.2) is 9.98 Å². The Kier molecular flexibility index (Phi) is 29.3. The quantitative estimate of drug-likeness (QED) is 0.135. The van der Waals surface area contributed by atoms with Crippen LogP contribution in [0.3, 0.4) is 0 Å². The smallest absolute Gasteiger partial charge is 0.298 e. The number of ether oxygens (including phenoxy) is 1. The Balaban J connectivity index is 0.000000293.